The summed E-state index contributed by atoms with van der Waals surface area (Å²) in [4.78, 5) is 12.0. The zero-order valence-corrected chi connectivity index (χ0v) is 14.3. The molecule has 0 spiro atoms. The topological polar surface area (TPSA) is 84.7 Å². The first-order valence-electron chi connectivity index (χ1n) is 7.80. The van der Waals surface area contributed by atoms with Crippen LogP contribution in [0.5, 0.6) is 0 Å². The number of urea groups is 1. The van der Waals surface area contributed by atoms with Crippen LogP contribution >= 0.6 is 15.9 Å². The highest BCUT2D eigenvalue weighted by Crippen LogP contribution is 2.17. The number of hydrogen-bond donors (Lipinski definition) is 2. The van der Waals surface area contributed by atoms with Crippen LogP contribution < -0.4 is 10.6 Å². The summed E-state index contributed by atoms with van der Waals surface area (Å²) in [6.07, 6.45) is 5.76. The van der Waals surface area contributed by atoms with Crippen LogP contribution in [0.2, 0.25) is 0 Å². The van der Waals surface area contributed by atoms with Gasteiger partial charge in [-0.3, -0.25) is 0 Å². The smallest absolute Gasteiger partial charge is 0.315 e. The molecule has 0 bridgehead atoms. The van der Waals surface area contributed by atoms with Crippen molar-refractivity contribution in [3.63, 3.8) is 0 Å². The van der Waals surface area contributed by atoms with Crippen molar-refractivity contribution in [1.29, 1.82) is 0 Å². The molecule has 0 saturated heterocycles. The van der Waals surface area contributed by atoms with Gasteiger partial charge in [0.25, 0.3) is 0 Å². The number of benzene rings is 1. The lowest BCUT2D eigenvalue weighted by Gasteiger charge is -2.22. The van der Waals surface area contributed by atoms with Gasteiger partial charge in [-0.15, -0.1) is 5.10 Å². The molecule has 8 heteroatoms. The van der Waals surface area contributed by atoms with E-state index in [1.54, 1.807) is 4.68 Å². The fourth-order valence-corrected chi connectivity index (χ4v) is 3.15. The molecule has 23 heavy (non-hydrogen) atoms. The second-order valence-corrected chi connectivity index (χ2v) is 6.56. The highest BCUT2D eigenvalue weighted by Gasteiger charge is 2.16. The van der Waals surface area contributed by atoms with Gasteiger partial charge in [-0.1, -0.05) is 41.3 Å². The van der Waals surface area contributed by atoms with Crippen molar-refractivity contribution >= 4 is 22.0 Å². The number of carbonyl (C=O) groups excluding carboxylic acids is 1. The highest BCUT2D eigenvalue weighted by molar-refractivity contribution is 9.10. The second-order valence-electron chi connectivity index (χ2n) is 5.65. The molecule has 122 valence electrons. The summed E-state index contributed by atoms with van der Waals surface area (Å²) in [6, 6.07) is 7.79. The third kappa shape index (κ3) is 4.28. The van der Waals surface area contributed by atoms with E-state index in [4.69, 9.17) is 0 Å². The first kappa shape index (κ1) is 15.9. The van der Waals surface area contributed by atoms with Crippen LogP contribution in [0.1, 0.15) is 37.9 Å². The van der Waals surface area contributed by atoms with E-state index in [2.05, 4.69) is 42.1 Å². The van der Waals surface area contributed by atoms with E-state index in [9.17, 15) is 4.79 Å². The number of amides is 2. The monoisotopic (exact) mass is 378 g/mol. The van der Waals surface area contributed by atoms with Crippen LogP contribution in [0, 0.1) is 0 Å². The first-order chi connectivity index (χ1) is 11.2. The standard InChI is InChI=1S/C15H19BrN6O/c16-11-5-4-8-13(9-11)22-14(19-20-21-22)10-17-15(23)18-12-6-2-1-3-7-12/h4-5,8-9,12H,1-3,6-7,10H2,(H2,17,18,23). The van der Waals surface area contributed by atoms with Gasteiger partial charge in [0, 0.05) is 10.5 Å². The Morgan fingerprint density at radius 3 is 2.91 bits per heavy atom. The number of halogens is 1. The average molecular weight is 379 g/mol. The molecule has 0 unspecified atom stereocenters. The second kappa shape index (κ2) is 7.54. The van der Waals surface area contributed by atoms with Gasteiger partial charge >= 0.3 is 6.03 Å². The van der Waals surface area contributed by atoms with E-state index >= 15 is 0 Å². The predicted molar refractivity (Wildman–Crippen MR) is 89.1 cm³/mol. The maximum absolute atomic E-state index is 12.0. The van der Waals surface area contributed by atoms with Crippen LogP contribution in [0.4, 0.5) is 4.79 Å². The molecule has 0 atom stereocenters. The number of nitrogens with one attached hydrogen (secondary N) is 2. The van der Waals surface area contributed by atoms with Crippen molar-refractivity contribution in [2.24, 2.45) is 0 Å². The molecule has 0 aliphatic heterocycles. The van der Waals surface area contributed by atoms with Crippen LogP contribution in [0.15, 0.2) is 28.7 Å². The molecule has 1 fully saturated rings. The fraction of sp³-hybridized carbons (Fsp3) is 0.467. The maximum Gasteiger partial charge on any atom is 0.315 e. The van der Waals surface area contributed by atoms with E-state index in [0.717, 1.165) is 23.0 Å². The molecule has 0 radical (unpaired) electrons. The molecular formula is C15H19BrN6O. The molecule has 1 heterocycles. The van der Waals surface area contributed by atoms with E-state index in [1.165, 1.54) is 19.3 Å². The Hall–Kier alpha value is -1.96. The predicted octanol–water partition coefficient (Wildman–Crippen LogP) is 2.56. The summed E-state index contributed by atoms with van der Waals surface area (Å²) in [7, 11) is 0. The van der Waals surface area contributed by atoms with Crippen molar-refractivity contribution in [2.45, 2.75) is 44.7 Å². The van der Waals surface area contributed by atoms with E-state index < -0.39 is 0 Å². The summed E-state index contributed by atoms with van der Waals surface area (Å²) < 4.78 is 2.56. The van der Waals surface area contributed by atoms with Crippen molar-refractivity contribution < 1.29 is 4.79 Å². The summed E-state index contributed by atoms with van der Waals surface area (Å²) in [5, 5.41) is 17.5. The van der Waals surface area contributed by atoms with Gasteiger partial charge in [0.05, 0.1) is 12.2 Å². The molecule has 1 aromatic carbocycles. The SMILES string of the molecule is O=C(NCc1nnnn1-c1cccc(Br)c1)NC1CCCCC1. The minimum Gasteiger partial charge on any atom is -0.335 e. The Morgan fingerprint density at radius 2 is 2.13 bits per heavy atom. The van der Waals surface area contributed by atoms with Crippen LogP contribution in [-0.4, -0.2) is 32.3 Å². The molecule has 1 aromatic heterocycles. The number of carbonyl (C=O) groups is 1. The van der Waals surface area contributed by atoms with Gasteiger partial charge in [0.1, 0.15) is 0 Å². The van der Waals surface area contributed by atoms with Crippen LogP contribution in [0.25, 0.3) is 5.69 Å². The molecular weight excluding hydrogens is 360 g/mol. The third-order valence-electron chi connectivity index (χ3n) is 3.93. The van der Waals surface area contributed by atoms with Crippen molar-refractivity contribution in [3.05, 3.63) is 34.6 Å². The zero-order valence-electron chi connectivity index (χ0n) is 12.7. The van der Waals surface area contributed by atoms with Gasteiger partial charge in [-0.25, -0.2) is 4.79 Å². The lowest BCUT2D eigenvalue weighted by molar-refractivity contribution is 0.232. The number of rotatable bonds is 4. The van der Waals surface area contributed by atoms with Crippen molar-refractivity contribution in [1.82, 2.24) is 30.8 Å². The molecule has 2 amide bonds. The van der Waals surface area contributed by atoms with E-state index in [-0.39, 0.29) is 18.6 Å². The molecule has 7 nitrogen and oxygen atoms in total. The third-order valence-corrected chi connectivity index (χ3v) is 4.43. The molecule has 3 rings (SSSR count). The van der Waals surface area contributed by atoms with Gasteiger partial charge in [-0.2, -0.15) is 4.68 Å². The summed E-state index contributed by atoms with van der Waals surface area (Å²) in [5.74, 6) is 0.585. The number of nitrogens with zero attached hydrogens (tertiary/aromatic N) is 4. The maximum atomic E-state index is 12.0. The van der Waals surface area contributed by atoms with Crippen LogP contribution in [0.3, 0.4) is 0 Å². The van der Waals surface area contributed by atoms with Gasteiger partial charge in [-0.05, 0) is 41.5 Å². The Balaban J connectivity index is 1.58. The van der Waals surface area contributed by atoms with Crippen LogP contribution in [-0.2, 0) is 6.54 Å². The quantitative estimate of drug-likeness (QED) is 0.855. The minimum atomic E-state index is -0.166. The number of tetrazole rings is 1. The largest absolute Gasteiger partial charge is 0.335 e. The van der Waals surface area contributed by atoms with Gasteiger partial charge < -0.3 is 10.6 Å². The van der Waals surface area contributed by atoms with Crippen molar-refractivity contribution in [3.8, 4) is 5.69 Å². The fourth-order valence-electron chi connectivity index (χ4n) is 2.77. The van der Waals surface area contributed by atoms with E-state index in [0.29, 0.717) is 5.82 Å². The molecule has 1 aliphatic rings. The van der Waals surface area contributed by atoms with Gasteiger partial charge in [0.15, 0.2) is 5.82 Å². The summed E-state index contributed by atoms with van der Waals surface area (Å²) in [5.41, 5.74) is 0.842. The lowest BCUT2D eigenvalue weighted by atomic mass is 9.96. The first-order valence-corrected chi connectivity index (χ1v) is 8.59. The van der Waals surface area contributed by atoms with Crippen molar-refractivity contribution in [2.75, 3.05) is 0 Å². The Bertz CT molecular complexity index is 667. The normalized spacial score (nSPS) is 15.3. The average Bonchev–Trinajstić information content (AvgIpc) is 3.02. The summed E-state index contributed by atoms with van der Waals surface area (Å²) >= 11 is 3.43. The van der Waals surface area contributed by atoms with Gasteiger partial charge in [0.2, 0.25) is 0 Å². The number of aromatic nitrogens is 4. The Kier molecular flexibility index (Phi) is 5.22. The number of hydrogen-bond acceptors (Lipinski definition) is 4. The Labute approximate surface area is 143 Å². The summed E-state index contributed by atoms with van der Waals surface area (Å²) in [6.45, 7) is 0.276. The molecule has 1 aliphatic carbocycles. The zero-order chi connectivity index (χ0) is 16.1. The molecule has 2 N–H and O–H groups in total. The lowest BCUT2D eigenvalue weighted by Crippen LogP contribution is -2.42. The van der Waals surface area contributed by atoms with E-state index in [1.807, 2.05) is 24.3 Å². The highest BCUT2D eigenvalue weighted by atomic mass is 79.9. The molecule has 2 aromatic rings. The molecule has 1 saturated carbocycles. The minimum absolute atomic E-state index is 0.166. The Morgan fingerprint density at radius 1 is 1.30 bits per heavy atom.